The molecule has 9 heteroatoms. The lowest BCUT2D eigenvalue weighted by atomic mass is 10.1. The Morgan fingerprint density at radius 2 is 1.94 bits per heavy atom. The molecule has 2 heterocycles. The number of ether oxygens (including phenoxy) is 2. The second kappa shape index (κ2) is 9.19. The molecular weight excluding hydrogens is 417 g/mol. The third-order valence-corrected chi connectivity index (χ3v) is 5.16. The Bertz CT molecular complexity index is 1210. The summed E-state index contributed by atoms with van der Waals surface area (Å²) < 4.78 is 25.3. The smallest absolute Gasteiger partial charge is 0.257 e. The lowest BCUT2D eigenvalue weighted by molar-refractivity contribution is -0.121. The van der Waals surface area contributed by atoms with Crippen molar-refractivity contribution in [3.8, 4) is 22.9 Å². The van der Waals surface area contributed by atoms with Crippen molar-refractivity contribution >= 4 is 5.91 Å². The lowest BCUT2D eigenvalue weighted by Gasteiger charge is -2.16. The summed E-state index contributed by atoms with van der Waals surface area (Å²) in [6, 6.07) is 10.9. The molecule has 0 atom stereocenters. The van der Waals surface area contributed by atoms with E-state index in [1.165, 1.54) is 28.8 Å². The third-order valence-electron chi connectivity index (χ3n) is 5.16. The van der Waals surface area contributed by atoms with Gasteiger partial charge in [0.1, 0.15) is 18.2 Å². The molecule has 0 saturated heterocycles. The molecule has 0 fully saturated rings. The molecule has 1 aromatic heterocycles. The number of amides is 1. The standard InChI is InChI=1S/C23H22FN3O5/c1-14-18(8-9-28)23(30)27(22(26-14)16-3-5-17(24)6-4-16)12-21(29)25-11-15-2-7-19-20(10-15)32-13-31-19/h2-7,10,28H,8-9,11-13H2,1H3,(H,25,29). The zero-order valence-electron chi connectivity index (χ0n) is 17.4. The summed E-state index contributed by atoms with van der Waals surface area (Å²) in [6.45, 7) is 1.57. The van der Waals surface area contributed by atoms with E-state index in [9.17, 15) is 19.1 Å². The highest BCUT2D eigenvalue weighted by Crippen LogP contribution is 2.32. The molecule has 0 bridgehead atoms. The summed E-state index contributed by atoms with van der Waals surface area (Å²) in [7, 11) is 0. The number of aliphatic hydroxyl groups is 1. The van der Waals surface area contributed by atoms with Gasteiger partial charge in [0, 0.05) is 36.4 Å². The van der Waals surface area contributed by atoms with E-state index < -0.39 is 17.3 Å². The molecule has 0 aliphatic carbocycles. The first kappa shape index (κ1) is 21.5. The topological polar surface area (TPSA) is 103 Å². The van der Waals surface area contributed by atoms with Crippen molar-refractivity contribution in [1.29, 1.82) is 0 Å². The van der Waals surface area contributed by atoms with Crippen LogP contribution in [0.15, 0.2) is 47.3 Å². The second-order valence-corrected chi connectivity index (χ2v) is 7.34. The molecule has 4 rings (SSSR count). The summed E-state index contributed by atoms with van der Waals surface area (Å²) in [4.78, 5) is 30.3. The molecule has 3 aromatic rings. The van der Waals surface area contributed by atoms with Gasteiger partial charge in [-0.15, -0.1) is 0 Å². The van der Waals surface area contributed by atoms with Crippen molar-refractivity contribution in [1.82, 2.24) is 14.9 Å². The predicted octanol–water partition coefficient (Wildman–Crippen LogP) is 1.94. The van der Waals surface area contributed by atoms with Crippen molar-refractivity contribution < 1.29 is 23.8 Å². The van der Waals surface area contributed by atoms with E-state index in [4.69, 9.17) is 9.47 Å². The maximum atomic E-state index is 13.4. The van der Waals surface area contributed by atoms with Gasteiger partial charge in [-0.2, -0.15) is 0 Å². The van der Waals surface area contributed by atoms with Crippen LogP contribution < -0.4 is 20.3 Å². The molecule has 0 spiro atoms. The van der Waals surface area contributed by atoms with Gasteiger partial charge in [-0.25, -0.2) is 9.37 Å². The zero-order chi connectivity index (χ0) is 22.7. The zero-order valence-corrected chi connectivity index (χ0v) is 17.4. The summed E-state index contributed by atoms with van der Waals surface area (Å²) in [5.41, 5.74) is 1.70. The van der Waals surface area contributed by atoms with Crippen LogP contribution in [0.1, 0.15) is 16.8 Å². The first-order chi connectivity index (χ1) is 15.5. The number of carbonyl (C=O) groups excluding carboxylic acids is 1. The number of aromatic nitrogens is 2. The van der Waals surface area contributed by atoms with Gasteiger partial charge in [0.05, 0.1) is 0 Å². The number of carbonyl (C=O) groups is 1. The Hall–Kier alpha value is -3.72. The highest BCUT2D eigenvalue weighted by atomic mass is 19.1. The Morgan fingerprint density at radius 3 is 2.69 bits per heavy atom. The van der Waals surface area contributed by atoms with Crippen LogP contribution in [-0.4, -0.2) is 34.0 Å². The van der Waals surface area contributed by atoms with Crippen LogP contribution in [-0.2, 0) is 24.3 Å². The maximum absolute atomic E-state index is 13.4. The summed E-state index contributed by atoms with van der Waals surface area (Å²) in [5.74, 6) is 0.708. The number of rotatable bonds is 7. The summed E-state index contributed by atoms with van der Waals surface area (Å²) >= 11 is 0. The molecule has 0 radical (unpaired) electrons. The lowest BCUT2D eigenvalue weighted by Crippen LogP contribution is -2.35. The third kappa shape index (κ3) is 4.47. The molecule has 0 unspecified atom stereocenters. The highest BCUT2D eigenvalue weighted by Gasteiger charge is 2.18. The van der Waals surface area contributed by atoms with E-state index in [0.717, 1.165) is 5.56 Å². The average Bonchev–Trinajstić information content (AvgIpc) is 3.25. The van der Waals surface area contributed by atoms with E-state index in [1.54, 1.807) is 19.1 Å². The molecule has 0 saturated carbocycles. The van der Waals surface area contributed by atoms with Gasteiger partial charge in [0.2, 0.25) is 12.7 Å². The molecule has 8 nitrogen and oxygen atoms in total. The fourth-order valence-corrected chi connectivity index (χ4v) is 3.52. The molecule has 2 aromatic carbocycles. The Balaban J connectivity index is 1.59. The van der Waals surface area contributed by atoms with Gasteiger partial charge in [-0.05, 0) is 48.9 Å². The number of halogens is 1. The quantitative estimate of drug-likeness (QED) is 0.583. The fourth-order valence-electron chi connectivity index (χ4n) is 3.52. The van der Waals surface area contributed by atoms with Crippen LogP contribution >= 0.6 is 0 Å². The monoisotopic (exact) mass is 439 g/mol. The van der Waals surface area contributed by atoms with Crippen LogP contribution in [0.25, 0.3) is 11.4 Å². The van der Waals surface area contributed by atoms with Crippen LogP contribution in [0.3, 0.4) is 0 Å². The number of fused-ring (bicyclic) bond motifs is 1. The van der Waals surface area contributed by atoms with Crippen molar-refractivity contribution in [3.05, 3.63) is 75.5 Å². The first-order valence-corrected chi connectivity index (χ1v) is 10.1. The molecule has 32 heavy (non-hydrogen) atoms. The molecule has 1 aliphatic rings. The van der Waals surface area contributed by atoms with E-state index in [0.29, 0.717) is 28.3 Å². The molecule has 2 N–H and O–H groups in total. The van der Waals surface area contributed by atoms with E-state index in [1.807, 2.05) is 6.07 Å². The van der Waals surface area contributed by atoms with Gasteiger partial charge in [0.15, 0.2) is 11.5 Å². The van der Waals surface area contributed by atoms with Crippen molar-refractivity contribution in [2.75, 3.05) is 13.4 Å². The molecule has 1 amide bonds. The predicted molar refractivity (Wildman–Crippen MR) is 114 cm³/mol. The first-order valence-electron chi connectivity index (χ1n) is 10.1. The number of nitrogens with one attached hydrogen (secondary N) is 1. The van der Waals surface area contributed by atoms with Crippen molar-refractivity contribution in [2.24, 2.45) is 0 Å². The number of hydrogen-bond acceptors (Lipinski definition) is 6. The van der Waals surface area contributed by atoms with Gasteiger partial charge >= 0.3 is 0 Å². The Kier molecular flexibility index (Phi) is 6.18. The van der Waals surface area contributed by atoms with Crippen LogP contribution in [0.4, 0.5) is 4.39 Å². The van der Waals surface area contributed by atoms with Crippen LogP contribution in [0, 0.1) is 12.7 Å². The van der Waals surface area contributed by atoms with Gasteiger partial charge in [0.25, 0.3) is 5.56 Å². The Labute approximate surface area is 183 Å². The van der Waals surface area contributed by atoms with Crippen molar-refractivity contribution in [3.63, 3.8) is 0 Å². The highest BCUT2D eigenvalue weighted by molar-refractivity contribution is 5.76. The van der Waals surface area contributed by atoms with E-state index in [2.05, 4.69) is 10.3 Å². The second-order valence-electron chi connectivity index (χ2n) is 7.34. The fraction of sp³-hybridized carbons (Fsp3) is 0.261. The summed E-state index contributed by atoms with van der Waals surface area (Å²) in [5, 5.41) is 12.1. The van der Waals surface area contributed by atoms with Crippen LogP contribution in [0.2, 0.25) is 0 Å². The normalized spacial score (nSPS) is 12.1. The molecular formula is C23H22FN3O5. The van der Waals surface area contributed by atoms with E-state index in [-0.39, 0.29) is 38.7 Å². The largest absolute Gasteiger partial charge is 0.454 e. The number of nitrogens with zero attached hydrogens (tertiary/aromatic N) is 2. The van der Waals surface area contributed by atoms with Gasteiger partial charge < -0.3 is 19.9 Å². The van der Waals surface area contributed by atoms with Gasteiger partial charge in [-0.3, -0.25) is 14.2 Å². The van der Waals surface area contributed by atoms with Crippen molar-refractivity contribution in [2.45, 2.75) is 26.4 Å². The SMILES string of the molecule is Cc1nc(-c2ccc(F)cc2)n(CC(=O)NCc2ccc3c(c2)OCO3)c(=O)c1CCO. The minimum atomic E-state index is -0.419. The van der Waals surface area contributed by atoms with Gasteiger partial charge in [-0.1, -0.05) is 6.07 Å². The number of aryl methyl sites for hydroxylation is 1. The average molecular weight is 439 g/mol. The molecule has 1 aliphatic heterocycles. The number of aliphatic hydroxyl groups excluding tert-OH is 1. The minimum absolute atomic E-state index is 0.125. The Morgan fingerprint density at radius 1 is 1.19 bits per heavy atom. The minimum Gasteiger partial charge on any atom is -0.454 e. The summed E-state index contributed by atoms with van der Waals surface area (Å²) in [6.07, 6.45) is 0.125. The molecule has 166 valence electrons. The maximum Gasteiger partial charge on any atom is 0.257 e. The number of hydrogen-bond donors (Lipinski definition) is 2. The van der Waals surface area contributed by atoms with E-state index >= 15 is 0 Å². The van der Waals surface area contributed by atoms with Crippen LogP contribution in [0.5, 0.6) is 11.5 Å². The number of benzene rings is 2.